The van der Waals surface area contributed by atoms with Crippen LogP contribution >= 0.6 is 0 Å². The topological polar surface area (TPSA) is 74.6 Å². The Kier molecular flexibility index (Phi) is 3.79. The van der Waals surface area contributed by atoms with Crippen LogP contribution in [0.3, 0.4) is 0 Å². The van der Waals surface area contributed by atoms with Crippen LogP contribution < -0.4 is 0 Å². The maximum Gasteiger partial charge on any atom is 0.178 e. The zero-order valence-corrected chi connectivity index (χ0v) is 16.5. The second-order valence-electron chi connectivity index (χ2n) is 9.75. The van der Waals surface area contributed by atoms with Crippen LogP contribution in [0.25, 0.3) is 0 Å². The number of aliphatic hydroxyl groups excluding tert-OH is 1. The van der Waals surface area contributed by atoms with Gasteiger partial charge in [0.05, 0.1) is 6.10 Å². The van der Waals surface area contributed by atoms with Crippen molar-refractivity contribution in [3.8, 4) is 0 Å². The summed E-state index contributed by atoms with van der Waals surface area (Å²) in [5, 5.41) is 22.3. The fourth-order valence-electron chi connectivity index (χ4n) is 7.18. The first kappa shape index (κ1) is 19.0. The summed E-state index contributed by atoms with van der Waals surface area (Å²) in [6, 6.07) is 0. The Labute approximate surface area is 159 Å². The molecule has 4 aliphatic carbocycles. The van der Waals surface area contributed by atoms with Gasteiger partial charge in [-0.15, -0.1) is 0 Å². The molecule has 0 aliphatic heterocycles. The minimum atomic E-state index is -1.92. The second-order valence-corrected chi connectivity index (χ2v) is 9.75. The first-order chi connectivity index (χ1) is 12.4. The van der Waals surface area contributed by atoms with Crippen LogP contribution in [0.15, 0.2) is 23.8 Å². The number of alkyl halides is 1. The van der Waals surface area contributed by atoms with E-state index in [0.29, 0.717) is 19.3 Å². The number of carbonyl (C=O) groups excluding carboxylic acids is 2. The molecule has 0 spiro atoms. The van der Waals surface area contributed by atoms with Crippen molar-refractivity contribution in [3.05, 3.63) is 23.8 Å². The number of aliphatic hydroxyl groups is 2. The van der Waals surface area contributed by atoms with Crippen molar-refractivity contribution in [2.24, 2.45) is 28.6 Å². The molecule has 2 N–H and O–H groups in total. The van der Waals surface area contributed by atoms with Gasteiger partial charge in [-0.25, -0.2) is 4.39 Å². The summed E-state index contributed by atoms with van der Waals surface area (Å²) in [5.41, 5.74) is -4.59. The van der Waals surface area contributed by atoms with E-state index in [1.54, 1.807) is 13.0 Å². The van der Waals surface area contributed by atoms with Crippen molar-refractivity contribution >= 4 is 11.6 Å². The summed E-state index contributed by atoms with van der Waals surface area (Å²) in [6.45, 7) is 7.01. The largest absolute Gasteiger partial charge is 0.390 e. The minimum Gasteiger partial charge on any atom is -0.390 e. The Morgan fingerprint density at radius 1 is 1.30 bits per heavy atom. The third kappa shape index (κ3) is 2.00. The molecule has 148 valence electrons. The Morgan fingerprint density at radius 2 is 1.96 bits per heavy atom. The lowest BCUT2D eigenvalue weighted by molar-refractivity contribution is -0.219. The number of hydrogen-bond acceptors (Lipinski definition) is 4. The van der Waals surface area contributed by atoms with Crippen LogP contribution in [0, 0.1) is 28.6 Å². The molecule has 0 aromatic heterocycles. The van der Waals surface area contributed by atoms with Crippen molar-refractivity contribution in [3.63, 3.8) is 0 Å². The predicted molar refractivity (Wildman–Crippen MR) is 98.5 cm³/mol. The van der Waals surface area contributed by atoms with E-state index in [2.05, 4.69) is 0 Å². The van der Waals surface area contributed by atoms with Crippen LogP contribution in [0.4, 0.5) is 4.39 Å². The molecule has 4 aliphatic rings. The van der Waals surface area contributed by atoms with E-state index in [0.717, 1.165) is 5.57 Å². The molecule has 4 rings (SSSR count). The summed E-state index contributed by atoms with van der Waals surface area (Å²) in [5.74, 6) is -1.11. The lowest BCUT2D eigenvalue weighted by Gasteiger charge is -2.63. The first-order valence-electron chi connectivity index (χ1n) is 9.97. The normalized spacial score (nSPS) is 54.0. The summed E-state index contributed by atoms with van der Waals surface area (Å²) in [4.78, 5) is 24.2. The van der Waals surface area contributed by atoms with E-state index in [1.807, 2.05) is 13.8 Å². The van der Waals surface area contributed by atoms with E-state index in [4.69, 9.17) is 0 Å². The van der Waals surface area contributed by atoms with Gasteiger partial charge < -0.3 is 10.2 Å². The van der Waals surface area contributed by atoms with Crippen LogP contribution in [0.2, 0.25) is 0 Å². The molecule has 0 bridgehead atoms. The van der Waals surface area contributed by atoms with Crippen molar-refractivity contribution in [1.82, 2.24) is 0 Å². The average molecular weight is 376 g/mol. The van der Waals surface area contributed by atoms with Crippen LogP contribution in [0.1, 0.15) is 53.4 Å². The van der Waals surface area contributed by atoms with Crippen molar-refractivity contribution in [2.75, 3.05) is 0 Å². The fourth-order valence-corrected chi connectivity index (χ4v) is 7.18. The summed E-state index contributed by atoms with van der Waals surface area (Å²) >= 11 is 0. The Hall–Kier alpha value is -1.33. The monoisotopic (exact) mass is 376 g/mol. The van der Waals surface area contributed by atoms with Gasteiger partial charge in [0.1, 0.15) is 5.60 Å². The number of hydrogen-bond donors (Lipinski definition) is 2. The fraction of sp³-hybridized carbons (Fsp3) is 0.727. The molecule has 27 heavy (non-hydrogen) atoms. The highest BCUT2D eigenvalue weighted by molar-refractivity contribution is 6.01. The summed E-state index contributed by atoms with van der Waals surface area (Å²) < 4.78 is 16.9. The molecule has 4 nitrogen and oxygen atoms in total. The standard InChI is InChI=1S/C22H29FO4/c1-12-9-17-15-6-8-21(27,13(2)24)20(15,4)11-18(26)22(17,23)19(3)7-5-14(25)10-16(12)19/h5,7,10,12,15,17-18,26-27H,6,8-9,11H2,1-4H3/t12-,15-,17-,18+,19-,20-,21-,22+/m0/s1. The minimum absolute atomic E-state index is 0.00153. The molecule has 3 fully saturated rings. The summed E-state index contributed by atoms with van der Waals surface area (Å²) in [7, 11) is 0. The van der Waals surface area contributed by atoms with Crippen molar-refractivity contribution in [2.45, 2.75) is 70.8 Å². The van der Waals surface area contributed by atoms with Crippen LogP contribution in [-0.4, -0.2) is 39.2 Å². The molecule has 5 heteroatoms. The zero-order chi connectivity index (χ0) is 20.0. The van der Waals surface area contributed by atoms with Gasteiger partial charge in [0.2, 0.25) is 0 Å². The Bertz CT molecular complexity index is 787. The van der Waals surface area contributed by atoms with Gasteiger partial charge in [-0.3, -0.25) is 9.59 Å². The van der Waals surface area contributed by atoms with E-state index in [-0.39, 0.29) is 29.8 Å². The molecule has 0 saturated heterocycles. The molecule has 0 aromatic carbocycles. The number of fused-ring (bicyclic) bond motifs is 5. The van der Waals surface area contributed by atoms with Crippen LogP contribution in [0.5, 0.6) is 0 Å². The van der Waals surface area contributed by atoms with E-state index in [9.17, 15) is 19.8 Å². The van der Waals surface area contributed by atoms with Gasteiger partial charge in [0.15, 0.2) is 17.2 Å². The zero-order valence-electron chi connectivity index (χ0n) is 16.5. The molecule has 0 aromatic rings. The number of ketones is 2. The Morgan fingerprint density at radius 3 is 2.59 bits per heavy atom. The number of Topliss-reactive ketones (excluding diaryl/α,β-unsaturated/α-hetero) is 1. The van der Waals surface area contributed by atoms with Gasteiger partial charge in [0, 0.05) is 16.7 Å². The SMILES string of the molecule is CC(=O)[C@@]1(O)CC[C@H]2[C@@H]3C[C@H](C)C4=CC(=O)C=C[C@]4(C)[C@]3(F)[C@H](O)C[C@@]21C. The smallest absolute Gasteiger partial charge is 0.178 e. The molecule has 3 saturated carbocycles. The predicted octanol–water partition coefficient (Wildman–Crippen LogP) is 2.92. The molecular formula is C22H29FO4. The number of allylic oxidation sites excluding steroid dienone is 4. The first-order valence-corrected chi connectivity index (χ1v) is 9.97. The number of carbonyl (C=O) groups is 2. The van der Waals surface area contributed by atoms with Gasteiger partial charge in [0.25, 0.3) is 0 Å². The molecule has 0 unspecified atom stereocenters. The van der Waals surface area contributed by atoms with E-state index in [1.165, 1.54) is 19.1 Å². The molecule has 8 atom stereocenters. The van der Waals surface area contributed by atoms with Gasteiger partial charge in [-0.1, -0.05) is 25.5 Å². The average Bonchev–Trinajstić information content (AvgIpc) is 2.85. The number of rotatable bonds is 1. The lowest BCUT2D eigenvalue weighted by atomic mass is 9.43. The van der Waals surface area contributed by atoms with Gasteiger partial charge >= 0.3 is 0 Å². The quantitative estimate of drug-likeness (QED) is 0.738. The highest BCUT2D eigenvalue weighted by atomic mass is 19.1. The summed E-state index contributed by atoms with van der Waals surface area (Å²) in [6.07, 6.45) is 4.68. The third-order valence-electron chi connectivity index (χ3n) is 8.70. The molecule has 0 heterocycles. The molecule has 0 amide bonds. The van der Waals surface area contributed by atoms with Crippen molar-refractivity contribution < 1.29 is 24.2 Å². The van der Waals surface area contributed by atoms with Gasteiger partial charge in [-0.2, -0.15) is 0 Å². The highest BCUT2D eigenvalue weighted by Crippen LogP contribution is 2.70. The third-order valence-corrected chi connectivity index (χ3v) is 8.70. The van der Waals surface area contributed by atoms with Gasteiger partial charge in [-0.05, 0) is 63.5 Å². The maximum absolute atomic E-state index is 16.9. The Balaban J connectivity index is 1.86. The van der Waals surface area contributed by atoms with Crippen molar-refractivity contribution in [1.29, 1.82) is 0 Å². The number of halogens is 1. The maximum atomic E-state index is 16.9. The van der Waals surface area contributed by atoms with E-state index < -0.39 is 34.1 Å². The lowest BCUT2D eigenvalue weighted by Crippen LogP contribution is -2.69. The molecule has 0 radical (unpaired) electrons. The van der Waals surface area contributed by atoms with Crippen LogP contribution in [-0.2, 0) is 9.59 Å². The second kappa shape index (κ2) is 5.38. The van der Waals surface area contributed by atoms with E-state index >= 15 is 4.39 Å². The highest BCUT2D eigenvalue weighted by Gasteiger charge is 2.74. The molecular weight excluding hydrogens is 347 g/mol.